The number of carbonyl (C=O) groups excluding carboxylic acids is 1. The van der Waals surface area contributed by atoms with Gasteiger partial charge in [-0.15, -0.1) is 0 Å². The van der Waals surface area contributed by atoms with Crippen LogP contribution in [0.25, 0.3) is 0 Å². The second-order valence-corrected chi connectivity index (χ2v) is 5.43. The van der Waals surface area contributed by atoms with E-state index >= 15 is 0 Å². The molecule has 3 aliphatic rings. The Labute approximate surface area is 97.1 Å². The van der Waals surface area contributed by atoms with Crippen molar-refractivity contribution in [2.45, 2.75) is 57.1 Å². The molecule has 1 saturated carbocycles. The lowest BCUT2D eigenvalue weighted by atomic mass is 9.78. The minimum atomic E-state index is -0.110. The van der Waals surface area contributed by atoms with Gasteiger partial charge >= 0.3 is 0 Å². The molecule has 1 amide bonds. The normalized spacial score (nSPS) is 35.4. The van der Waals surface area contributed by atoms with Gasteiger partial charge < -0.3 is 9.64 Å². The van der Waals surface area contributed by atoms with E-state index in [-0.39, 0.29) is 12.0 Å². The van der Waals surface area contributed by atoms with Gasteiger partial charge in [-0.2, -0.15) is 0 Å². The molecule has 0 spiro atoms. The predicted molar refractivity (Wildman–Crippen MR) is 61.1 cm³/mol. The number of nitrogens with zero attached hydrogens (tertiary/aromatic N) is 1. The highest BCUT2D eigenvalue weighted by atomic mass is 16.5. The van der Waals surface area contributed by atoms with Gasteiger partial charge in [0, 0.05) is 19.2 Å². The van der Waals surface area contributed by atoms with Crippen molar-refractivity contribution in [3.8, 4) is 0 Å². The summed E-state index contributed by atoms with van der Waals surface area (Å²) in [5, 5.41) is 0. The van der Waals surface area contributed by atoms with Crippen LogP contribution in [0.5, 0.6) is 0 Å². The molecule has 2 aliphatic heterocycles. The molecule has 16 heavy (non-hydrogen) atoms. The van der Waals surface area contributed by atoms with Crippen molar-refractivity contribution in [3.63, 3.8) is 0 Å². The first-order valence-corrected chi connectivity index (χ1v) is 6.78. The first-order chi connectivity index (χ1) is 7.86. The quantitative estimate of drug-likeness (QED) is 0.716. The molecule has 3 heteroatoms. The highest BCUT2D eigenvalue weighted by Crippen LogP contribution is 2.37. The van der Waals surface area contributed by atoms with Gasteiger partial charge in [0.05, 0.1) is 0 Å². The van der Waals surface area contributed by atoms with Gasteiger partial charge in [0.1, 0.15) is 6.10 Å². The summed E-state index contributed by atoms with van der Waals surface area (Å²) in [4.78, 5) is 14.4. The van der Waals surface area contributed by atoms with E-state index in [9.17, 15) is 4.79 Å². The average molecular weight is 223 g/mol. The maximum atomic E-state index is 12.3. The molecule has 2 heterocycles. The standard InChI is InChI=1S/C13H21NO2/c15-13(12-7-3-9-16-12)14-8-2-6-11(14)10-4-1-5-10/h10-12H,1-9H2. The number of ether oxygens (including phenoxy) is 1. The Bertz CT molecular complexity index is 269. The number of hydrogen-bond donors (Lipinski definition) is 0. The topological polar surface area (TPSA) is 29.5 Å². The third-order valence-electron chi connectivity index (χ3n) is 4.48. The van der Waals surface area contributed by atoms with Crippen LogP contribution in [-0.2, 0) is 9.53 Å². The molecule has 3 fully saturated rings. The lowest BCUT2D eigenvalue weighted by molar-refractivity contribution is -0.143. The molecule has 0 aromatic carbocycles. The monoisotopic (exact) mass is 223 g/mol. The summed E-state index contributed by atoms with van der Waals surface area (Å²) in [5.74, 6) is 1.08. The van der Waals surface area contributed by atoms with Crippen molar-refractivity contribution < 1.29 is 9.53 Å². The summed E-state index contributed by atoms with van der Waals surface area (Å²) in [6.07, 6.45) is 8.33. The first-order valence-electron chi connectivity index (χ1n) is 6.78. The van der Waals surface area contributed by atoms with E-state index in [1.807, 2.05) is 0 Å². The van der Waals surface area contributed by atoms with Crippen molar-refractivity contribution in [1.29, 1.82) is 0 Å². The Morgan fingerprint density at radius 2 is 1.94 bits per heavy atom. The first kappa shape index (κ1) is 10.6. The third kappa shape index (κ3) is 1.75. The highest BCUT2D eigenvalue weighted by molar-refractivity contribution is 5.81. The van der Waals surface area contributed by atoms with Crippen molar-refractivity contribution in [2.24, 2.45) is 5.92 Å². The van der Waals surface area contributed by atoms with Crippen molar-refractivity contribution in [3.05, 3.63) is 0 Å². The van der Waals surface area contributed by atoms with E-state index in [1.165, 1.54) is 32.1 Å². The zero-order valence-electron chi connectivity index (χ0n) is 9.86. The Morgan fingerprint density at radius 1 is 1.06 bits per heavy atom. The van der Waals surface area contributed by atoms with E-state index < -0.39 is 0 Å². The lowest BCUT2D eigenvalue weighted by Gasteiger charge is -2.37. The van der Waals surface area contributed by atoms with E-state index in [0.717, 1.165) is 31.9 Å². The van der Waals surface area contributed by atoms with Gasteiger partial charge in [-0.25, -0.2) is 0 Å². The van der Waals surface area contributed by atoms with Gasteiger partial charge in [0.15, 0.2) is 0 Å². The molecule has 0 radical (unpaired) electrons. The number of hydrogen-bond acceptors (Lipinski definition) is 2. The molecule has 0 aromatic rings. The van der Waals surface area contributed by atoms with Crippen LogP contribution in [0, 0.1) is 5.92 Å². The van der Waals surface area contributed by atoms with Crippen LogP contribution >= 0.6 is 0 Å². The fraction of sp³-hybridized carbons (Fsp3) is 0.923. The molecule has 2 atom stereocenters. The molecule has 1 aliphatic carbocycles. The molecule has 0 bridgehead atoms. The van der Waals surface area contributed by atoms with E-state index in [2.05, 4.69) is 4.90 Å². The third-order valence-corrected chi connectivity index (χ3v) is 4.48. The van der Waals surface area contributed by atoms with Gasteiger partial charge in [-0.05, 0) is 44.4 Å². The average Bonchev–Trinajstić information content (AvgIpc) is 2.84. The Hall–Kier alpha value is -0.570. The van der Waals surface area contributed by atoms with E-state index in [0.29, 0.717) is 6.04 Å². The lowest BCUT2D eigenvalue weighted by Crippen LogP contribution is -2.46. The zero-order valence-corrected chi connectivity index (χ0v) is 9.86. The summed E-state index contributed by atoms with van der Waals surface area (Å²) < 4.78 is 5.52. The van der Waals surface area contributed by atoms with Crippen molar-refractivity contribution in [2.75, 3.05) is 13.2 Å². The summed E-state index contributed by atoms with van der Waals surface area (Å²) in [6.45, 7) is 1.75. The summed E-state index contributed by atoms with van der Waals surface area (Å²) in [6, 6.07) is 0.547. The van der Waals surface area contributed by atoms with E-state index in [1.54, 1.807) is 0 Å². The maximum Gasteiger partial charge on any atom is 0.251 e. The Morgan fingerprint density at radius 3 is 2.56 bits per heavy atom. The highest BCUT2D eigenvalue weighted by Gasteiger charge is 2.40. The van der Waals surface area contributed by atoms with Gasteiger partial charge in [-0.3, -0.25) is 4.79 Å². The van der Waals surface area contributed by atoms with Crippen molar-refractivity contribution in [1.82, 2.24) is 4.90 Å². The SMILES string of the molecule is O=C(C1CCCO1)N1CCCC1C1CCC1. The maximum absolute atomic E-state index is 12.3. The largest absolute Gasteiger partial charge is 0.368 e. The van der Waals surface area contributed by atoms with Crippen LogP contribution in [0.4, 0.5) is 0 Å². The molecule has 3 nitrogen and oxygen atoms in total. The van der Waals surface area contributed by atoms with Crippen LogP contribution < -0.4 is 0 Å². The van der Waals surface area contributed by atoms with Crippen molar-refractivity contribution >= 4 is 5.91 Å². The smallest absolute Gasteiger partial charge is 0.251 e. The molecule has 3 rings (SSSR count). The summed E-state index contributed by atoms with van der Waals surface area (Å²) >= 11 is 0. The molecule has 0 N–H and O–H groups in total. The molecular formula is C13H21NO2. The summed E-state index contributed by atoms with van der Waals surface area (Å²) in [7, 11) is 0. The number of amides is 1. The summed E-state index contributed by atoms with van der Waals surface area (Å²) in [5.41, 5.74) is 0. The van der Waals surface area contributed by atoms with Crippen LogP contribution in [0.1, 0.15) is 44.9 Å². The molecule has 0 aromatic heterocycles. The number of rotatable bonds is 2. The second-order valence-electron chi connectivity index (χ2n) is 5.43. The minimum absolute atomic E-state index is 0.110. The van der Waals surface area contributed by atoms with Crippen LogP contribution in [0.15, 0.2) is 0 Å². The Balaban J connectivity index is 1.65. The van der Waals surface area contributed by atoms with Crippen LogP contribution in [0.2, 0.25) is 0 Å². The predicted octanol–water partition coefficient (Wildman–Crippen LogP) is 1.96. The fourth-order valence-electron chi connectivity index (χ4n) is 3.34. The van der Waals surface area contributed by atoms with Gasteiger partial charge in [0.2, 0.25) is 0 Å². The van der Waals surface area contributed by atoms with Gasteiger partial charge in [0.25, 0.3) is 5.91 Å². The molecular weight excluding hydrogens is 202 g/mol. The zero-order chi connectivity index (χ0) is 11.0. The minimum Gasteiger partial charge on any atom is -0.368 e. The molecule has 90 valence electrons. The van der Waals surface area contributed by atoms with Crippen LogP contribution in [-0.4, -0.2) is 36.1 Å². The van der Waals surface area contributed by atoms with Crippen LogP contribution in [0.3, 0.4) is 0 Å². The fourth-order valence-corrected chi connectivity index (χ4v) is 3.34. The Kier molecular flexibility index (Phi) is 2.88. The molecule has 2 unspecified atom stereocenters. The van der Waals surface area contributed by atoms with Gasteiger partial charge in [-0.1, -0.05) is 6.42 Å². The molecule has 2 saturated heterocycles. The second kappa shape index (κ2) is 4.36. The number of likely N-dealkylation sites (tertiary alicyclic amines) is 1. The number of carbonyl (C=O) groups is 1. The van der Waals surface area contributed by atoms with E-state index in [4.69, 9.17) is 4.74 Å².